The minimum Gasteiger partial charge on any atom is -0.307 e. The maximum Gasteiger partial charge on any atom is 0.325 e. The van der Waals surface area contributed by atoms with E-state index in [1.54, 1.807) is 11.3 Å². The quantitative estimate of drug-likeness (QED) is 0.786. The van der Waals surface area contributed by atoms with Crippen LogP contribution in [0, 0.1) is 13.8 Å². The van der Waals surface area contributed by atoms with Crippen LogP contribution in [0.1, 0.15) is 16.0 Å². The van der Waals surface area contributed by atoms with Gasteiger partial charge in [0.15, 0.2) is 0 Å². The first-order valence-corrected chi connectivity index (χ1v) is 9.11. The molecule has 2 N–H and O–H groups in total. The smallest absolute Gasteiger partial charge is 0.307 e. The zero-order chi connectivity index (χ0) is 17.7. The number of rotatable bonds is 5. The van der Waals surface area contributed by atoms with Crippen LogP contribution in [0.5, 0.6) is 0 Å². The van der Waals surface area contributed by atoms with Crippen LogP contribution in [0.15, 0.2) is 34.1 Å². The summed E-state index contributed by atoms with van der Waals surface area (Å²) in [5, 5.41) is 7.08. The van der Waals surface area contributed by atoms with E-state index in [0.29, 0.717) is 12.2 Å². The Morgan fingerprint density at radius 1 is 1.29 bits per heavy atom. The molecule has 1 aromatic heterocycles. The van der Waals surface area contributed by atoms with Gasteiger partial charge in [-0.3, -0.25) is 15.0 Å². The topological polar surface area (TPSA) is 61.4 Å². The molecule has 0 fully saturated rings. The van der Waals surface area contributed by atoms with Crippen molar-refractivity contribution in [1.82, 2.24) is 10.2 Å². The zero-order valence-corrected chi connectivity index (χ0v) is 16.3. The van der Waals surface area contributed by atoms with Crippen molar-refractivity contribution in [3.05, 3.63) is 50.1 Å². The van der Waals surface area contributed by atoms with Gasteiger partial charge in [0.1, 0.15) is 0 Å². The predicted molar refractivity (Wildman–Crippen MR) is 101 cm³/mol. The summed E-state index contributed by atoms with van der Waals surface area (Å²) in [5.74, 6) is -0.337. The Hall–Kier alpha value is -1.70. The Bertz CT molecular complexity index is 745. The summed E-state index contributed by atoms with van der Waals surface area (Å²) in [7, 11) is 1.84. The molecule has 0 saturated heterocycles. The van der Waals surface area contributed by atoms with Crippen molar-refractivity contribution in [2.24, 2.45) is 0 Å². The van der Waals surface area contributed by atoms with E-state index in [2.05, 4.69) is 26.6 Å². The molecule has 3 amide bonds. The molecule has 0 saturated carbocycles. The number of anilines is 1. The number of carbonyl (C=O) groups excluding carboxylic acids is 2. The molecule has 1 aromatic carbocycles. The normalized spacial score (nSPS) is 10.7. The number of nitrogens with zero attached hydrogens (tertiary/aromatic N) is 1. The van der Waals surface area contributed by atoms with Gasteiger partial charge in [-0.15, -0.1) is 11.3 Å². The predicted octanol–water partition coefficient (Wildman–Crippen LogP) is 3.91. The number of amides is 3. The average Bonchev–Trinajstić information content (AvgIpc) is 2.88. The van der Waals surface area contributed by atoms with Crippen molar-refractivity contribution in [2.75, 3.05) is 18.9 Å². The highest BCUT2D eigenvalue weighted by molar-refractivity contribution is 9.10. The van der Waals surface area contributed by atoms with Gasteiger partial charge in [0, 0.05) is 27.0 Å². The summed E-state index contributed by atoms with van der Waals surface area (Å²) in [6.07, 6.45) is 0. The van der Waals surface area contributed by atoms with Crippen molar-refractivity contribution in [3.63, 3.8) is 0 Å². The molecule has 5 nitrogen and oxygen atoms in total. The van der Waals surface area contributed by atoms with Gasteiger partial charge < -0.3 is 5.32 Å². The van der Waals surface area contributed by atoms with Crippen LogP contribution in [-0.4, -0.2) is 30.4 Å². The molecule has 7 heteroatoms. The van der Waals surface area contributed by atoms with Crippen LogP contribution < -0.4 is 10.6 Å². The second-order valence-electron chi connectivity index (χ2n) is 5.65. The SMILES string of the molecule is Cc1cccc(NC(=O)NC(=O)CN(C)Cc2cc(Br)cs2)c1C. The summed E-state index contributed by atoms with van der Waals surface area (Å²) >= 11 is 5.03. The minimum atomic E-state index is -0.513. The maximum absolute atomic E-state index is 12.0. The lowest BCUT2D eigenvalue weighted by atomic mass is 10.1. The second kappa shape index (κ2) is 8.41. The molecule has 0 atom stereocenters. The van der Waals surface area contributed by atoms with E-state index in [-0.39, 0.29) is 12.5 Å². The molecule has 128 valence electrons. The second-order valence-corrected chi connectivity index (χ2v) is 7.56. The number of hydrogen-bond donors (Lipinski definition) is 2. The van der Waals surface area contributed by atoms with E-state index in [1.165, 1.54) is 0 Å². The van der Waals surface area contributed by atoms with E-state index in [1.807, 2.05) is 55.4 Å². The number of urea groups is 1. The van der Waals surface area contributed by atoms with Crippen molar-refractivity contribution >= 4 is 44.9 Å². The van der Waals surface area contributed by atoms with Crippen LogP contribution >= 0.6 is 27.3 Å². The van der Waals surface area contributed by atoms with Crippen molar-refractivity contribution in [2.45, 2.75) is 20.4 Å². The Kier molecular flexibility index (Phi) is 6.53. The lowest BCUT2D eigenvalue weighted by molar-refractivity contribution is -0.120. The fourth-order valence-corrected chi connectivity index (χ4v) is 3.74. The van der Waals surface area contributed by atoms with Gasteiger partial charge in [-0.25, -0.2) is 4.79 Å². The number of aryl methyl sites for hydroxylation is 1. The number of halogens is 1. The molecular formula is C17H20BrN3O2S. The molecule has 0 unspecified atom stereocenters. The lowest BCUT2D eigenvalue weighted by Gasteiger charge is -2.15. The van der Waals surface area contributed by atoms with Crippen LogP contribution in [0.25, 0.3) is 0 Å². The monoisotopic (exact) mass is 409 g/mol. The van der Waals surface area contributed by atoms with E-state index < -0.39 is 6.03 Å². The fourth-order valence-electron chi connectivity index (χ4n) is 2.21. The standard InChI is InChI=1S/C17H20BrN3O2S/c1-11-5-4-6-15(12(11)2)19-17(23)20-16(22)9-21(3)8-14-7-13(18)10-24-14/h4-7,10H,8-9H2,1-3H3,(H2,19,20,22,23). The van der Waals surface area contributed by atoms with Gasteiger partial charge in [-0.1, -0.05) is 12.1 Å². The van der Waals surface area contributed by atoms with E-state index in [0.717, 1.165) is 20.5 Å². The van der Waals surface area contributed by atoms with Gasteiger partial charge in [-0.05, 0) is 60.1 Å². The molecule has 0 spiro atoms. The van der Waals surface area contributed by atoms with Crippen molar-refractivity contribution in [1.29, 1.82) is 0 Å². The third-order valence-corrected chi connectivity index (χ3v) is 5.25. The van der Waals surface area contributed by atoms with Crippen LogP contribution in [-0.2, 0) is 11.3 Å². The van der Waals surface area contributed by atoms with Gasteiger partial charge in [0.05, 0.1) is 6.54 Å². The summed E-state index contributed by atoms with van der Waals surface area (Å²) in [5.41, 5.74) is 2.78. The highest BCUT2D eigenvalue weighted by Gasteiger charge is 2.12. The Labute approximate surface area is 154 Å². The molecule has 0 bridgehead atoms. The number of benzene rings is 1. The number of hydrogen-bond acceptors (Lipinski definition) is 4. The van der Waals surface area contributed by atoms with Crippen LogP contribution in [0.3, 0.4) is 0 Å². The molecule has 2 aromatic rings. The number of thiophene rings is 1. The number of carbonyl (C=O) groups is 2. The third kappa shape index (κ3) is 5.43. The first-order valence-electron chi connectivity index (χ1n) is 7.43. The summed E-state index contributed by atoms with van der Waals surface area (Å²) in [6.45, 7) is 4.71. The highest BCUT2D eigenvalue weighted by atomic mass is 79.9. The summed E-state index contributed by atoms with van der Waals surface area (Å²) in [4.78, 5) is 27.0. The number of nitrogens with one attached hydrogen (secondary N) is 2. The van der Waals surface area contributed by atoms with E-state index in [9.17, 15) is 9.59 Å². The van der Waals surface area contributed by atoms with Crippen LogP contribution in [0.4, 0.5) is 10.5 Å². The van der Waals surface area contributed by atoms with Crippen molar-refractivity contribution < 1.29 is 9.59 Å². The van der Waals surface area contributed by atoms with E-state index >= 15 is 0 Å². The first-order chi connectivity index (χ1) is 11.3. The summed E-state index contributed by atoms with van der Waals surface area (Å²) < 4.78 is 1.04. The lowest BCUT2D eigenvalue weighted by Crippen LogP contribution is -2.40. The van der Waals surface area contributed by atoms with Gasteiger partial charge in [-0.2, -0.15) is 0 Å². The van der Waals surface area contributed by atoms with Crippen molar-refractivity contribution in [3.8, 4) is 0 Å². The molecular weight excluding hydrogens is 390 g/mol. The average molecular weight is 410 g/mol. The molecule has 2 rings (SSSR count). The Morgan fingerprint density at radius 2 is 2.04 bits per heavy atom. The molecule has 0 radical (unpaired) electrons. The number of likely N-dealkylation sites (N-methyl/N-ethyl adjacent to an activating group) is 1. The van der Waals surface area contributed by atoms with Gasteiger partial charge in [0.2, 0.25) is 5.91 Å². The zero-order valence-electron chi connectivity index (χ0n) is 13.9. The molecule has 0 aliphatic rings. The fraction of sp³-hybridized carbons (Fsp3) is 0.294. The van der Waals surface area contributed by atoms with E-state index in [4.69, 9.17) is 0 Å². The minimum absolute atomic E-state index is 0.149. The summed E-state index contributed by atoms with van der Waals surface area (Å²) in [6, 6.07) is 7.16. The first kappa shape index (κ1) is 18.6. The Balaban J connectivity index is 1.83. The highest BCUT2D eigenvalue weighted by Crippen LogP contribution is 2.20. The van der Waals surface area contributed by atoms with Gasteiger partial charge in [0.25, 0.3) is 0 Å². The largest absolute Gasteiger partial charge is 0.325 e. The Morgan fingerprint density at radius 3 is 2.71 bits per heavy atom. The molecule has 0 aliphatic heterocycles. The number of imide groups is 1. The maximum atomic E-state index is 12.0. The molecule has 1 heterocycles. The molecule has 24 heavy (non-hydrogen) atoms. The molecule has 0 aliphatic carbocycles. The van der Waals surface area contributed by atoms with Gasteiger partial charge >= 0.3 is 6.03 Å². The third-order valence-electron chi connectivity index (χ3n) is 3.57. The van der Waals surface area contributed by atoms with Crippen LogP contribution in [0.2, 0.25) is 0 Å².